The van der Waals surface area contributed by atoms with Gasteiger partial charge in [-0.3, -0.25) is 4.90 Å². The van der Waals surface area contributed by atoms with Crippen molar-refractivity contribution in [1.29, 1.82) is 0 Å². The summed E-state index contributed by atoms with van der Waals surface area (Å²) in [7, 11) is 2.26. The van der Waals surface area contributed by atoms with Gasteiger partial charge in [-0.1, -0.05) is 38.1 Å². The van der Waals surface area contributed by atoms with E-state index < -0.39 is 0 Å². The first-order chi connectivity index (χ1) is 10.2. The summed E-state index contributed by atoms with van der Waals surface area (Å²) in [6.45, 7) is 11.3. The minimum atomic E-state index is 0.712. The highest BCUT2D eigenvalue weighted by Gasteiger charge is 2.23. The maximum Gasteiger partial charge on any atom is 0.0238 e. The zero-order valence-corrected chi connectivity index (χ0v) is 13.9. The highest BCUT2D eigenvalue weighted by Crippen LogP contribution is 2.16. The van der Waals surface area contributed by atoms with Crippen molar-refractivity contribution in [3.8, 4) is 0 Å². The molecule has 118 valence electrons. The molecule has 2 rings (SSSR count). The second-order valence-electron chi connectivity index (χ2n) is 6.22. The number of benzene rings is 1. The van der Waals surface area contributed by atoms with Crippen LogP contribution in [-0.4, -0.2) is 49.1 Å². The molecule has 1 saturated heterocycles. The average Bonchev–Trinajstić information content (AvgIpc) is 2.51. The summed E-state index contributed by atoms with van der Waals surface area (Å²) < 4.78 is 0. The van der Waals surface area contributed by atoms with E-state index in [4.69, 9.17) is 0 Å². The summed E-state index contributed by atoms with van der Waals surface area (Å²) in [5, 5.41) is 3.53. The number of hydrogen-bond donors (Lipinski definition) is 1. The van der Waals surface area contributed by atoms with E-state index in [1.807, 2.05) is 0 Å². The molecular formula is C18H31N3. The van der Waals surface area contributed by atoms with Crippen LogP contribution in [0.5, 0.6) is 0 Å². The fourth-order valence-electron chi connectivity index (χ4n) is 3.12. The van der Waals surface area contributed by atoms with Crippen molar-refractivity contribution in [2.45, 2.75) is 45.8 Å². The highest BCUT2D eigenvalue weighted by molar-refractivity contribution is 5.27. The molecule has 1 fully saturated rings. The summed E-state index contributed by atoms with van der Waals surface area (Å²) in [6, 6.07) is 9.61. The number of piperazine rings is 1. The lowest BCUT2D eigenvalue weighted by atomic mass is 10.0. The maximum absolute atomic E-state index is 3.53. The van der Waals surface area contributed by atoms with Crippen LogP contribution < -0.4 is 5.32 Å². The first-order valence-electron chi connectivity index (χ1n) is 8.44. The Bertz CT molecular complexity index is 419. The Balaban J connectivity index is 1.95. The van der Waals surface area contributed by atoms with Crippen molar-refractivity contribution in [2.75, 3.05) is 33.2 Å². The van der Waals surface area contributed by atoms with Crippen LogP contribution in [0.25, 0.3) is 0 Å². The van der Waals surface area contributed by atoms with E-state index in [1.165, 1.54) is 43.6 Å². The van der Waals surface area contributed by atoms with Gasteiger partial charge in [-0.15, -0.1) is 0 Å². The quantitative estimate of drug-likeness (QED) is 0.779. The van der Waals surface area contributed by atoms with Crippen molar-refractivity contribution in [2.24, 2.45) is 0 Å². The van der Waals surface area contributed by atoms with E-state index in [1.54, 1.807) is 0 Å². The molecule has 0 aromatic heterocycles. The third-order valence-corrected chi connectivity index (χ3v) is 4.59. The van der Waals surface area contributed by atoms with Gasteiger partial charge in [0.2, 0.25) is 0 Å². The van der Waals surface area contributed by atoms with E-state index >= 15 is 0 Å². The maximum atomic E-state index is 3.53. The Morgan fingerprint density at radius 3 is 2.62 bits per heavy atom. The minimum Gasteiger partial charge on any atom is -0.313 e. The number of rotatable bonds is 7. The minimum absolute atomic E-state index is 0.712. The molecule has 0 saturated carbocycles. The zero-order valence-electron chi connectivity index (χ0n) is 13.9. The molecular weight excluding hydrogens is 258 g/mol. The average molecular weight is 289 g/mol. The van der Waals surface area contributed by atoms with Crippen molar-refractivity contribution in [3.05, 3.63) is 35.4 Å². The van der Waals surface area contributed by atoms with Gasteiger partial charge in [0.1, 0.15) is 0 Å². The van der Waals surface area contributed by atoms with Crippen LogP contribution in [0.15, 0.2) is 24.3 Å². The summed E-state index contributed by atoms with van der Waals surface area (Å²) in [4.78, 5) is 5.12. The molecule has 1 atom stereocenters. The molecule has 0 amide bonds. The lowest BCUT2D eigenvalue weighted by molar-refractivity contribution is 0.0882. The van der Waals surface area contributed by atoms with Gasteiger partial charge in [-0.05, 0) is 37.6 Å². The number of nitrogens with zero attached hydrogens (tertiary/aromatic N) is 2. The Morgan fingerprint density at radius 1 is 1.14 bits per heavy atom. The van der Waals surface area contributed by atoms with E-state index in [0.29, 0.717) is 6.04 Å². The molecule has 1 heterocycles. The molecule has 1 unspecified atom stereocenters. The third-order valence-electron chi connectivity index (χ3n) is 4.59. The van der Waals surface area contributed by atoms with Gasteiger partial charge < -0.3 is 10.2 Å². The van der Waals surface area contributed by atoms with Crippen molar-refractivity contribution < 1.29 is 0 Å². The van der Waals surface area contributed by atoms with Gasteiger partial charge in [0.05, 0.1) is 0 Å². The second-order valence-corrected chi connectivity index (χ2v) is 6.22. The van der Waals surface area contributed by atoms with Gasteiger partial charge >= 0.3 is 0 Å². The van der Waals surface area contributed by atoms with Gasteiger partial charge in [0.15, 0.2) is 0 Å². The van der Waals surface area contributed by atoms with Gasteiger partial charge in [-0.2, -0.15) is 0 Å². The van der Waals surface area contributed by atoms with Crippen LogP contribution in [-0.2, 0) is 13.1 Å². The van der Waals surface area contributed by atoms with E-state index in [0.717, 1.165) is 19.6 Å². The molecule has 0 bridgehead atoms. The van der Waals surface area contributed by atoms with Crippen LogP contribution in [0.3, 0.4) is 0 Å². The van der Waals surface area contributed by atoms with Crippen molar-refractivity contribution >= 4 is 0 Å². The fourth-order valence-corrected chi connectivity index (χ4v) is 3.12. The summed E-state index contributed by atoms with van der Waals surface area (Å²) in [5.74, 6) is 0. The summed E-state index contributed by atoms with van der Waals surface area (Å²) in [6.07, 6.45) is 2.44. The first-order valence-corrected chi connectivity index (χ1v) is 8.44. The smallest absolute Gasteiger partial charge is 0.0238 e. The van der Waals surface area contributed by atoms with Crippen LogP contribution in [0.1, 0.15) is 37.8 Å². The standard InChI is InChI=1S/C18H31N3/c1-4-10-19-13-16-8-6-7-9-17(16)14-21-12-11-20(3)18(5-2)15-21/h6-9,18-19H,4-5,10-15H2,1-3H3. The highest BCUT2D eigenvalue weighted by atomic mass is 15.3. The van der Waals surface area contributed by atoms with Gasteiger partial charge in [-0.25, -0.2) is 0 Å². The number of likely N-dealkylation sites (N-methyl/N-ethyl adjacent to an activating group) is 1. The first kappa shape index (κ1) is 16.5. The molecule has 21 heavy (non-hydrogen) atoms. The lowest BCUT2D eigenvalue weighted by Gasteiger charge is -2.39. The molecule has 1 aliphatic rings. The van der Waals surface area contributed by atoms with Crippen molar-refractivity contribution in [3.63, 3.8) is 0 Å². The largest absolute Gasteiger partial charge is 0.313 e. The second kappa shape index (κ2) is 8.52. The van der Waals surface area contributed by atoms with Crippen LogP contribution in [0, 0.1) is 0 Å². The molecule has 1 aliphatic heterocycles. The Kier molecular flexibility index (Phi) is 6.68. The molecule has 1 aromatic rings. The lowest BCUT2D eigenvalue weighted by Crippen LogP contribution is -2.50. The van der Waals surface area contributed by atoms with Crippen molar-refractivity contribution in [1.82, 2.24) is 15.1 Å². The summed E-state index contributed by atoms with van der Waals surface area (Å²) in [5.41, 5.74) is 2.94. The van der Waals surface area contributed by atoms with E-state index in [2.05, 4.69) is 60.3 Å². The molecule has 0 aliphatic carbocycles. The molecule has 3 heteroatoms. The predicted molar refractivity (Wildman–Crippen MR) is 90.4 cm³/mol. The Labute approximate surface area is 130 Å². The predicted octanol–water partition coefficient (Wildman–Crippen LogP) is 2.71. The monoisotopic (exact) mass is 289 g/mol. The molecule has 1 aromatic carbocycles. The normalized spacial score (nSPS) is 20.8. The van der Waals surface area contributed by atoms with Gasteiger partial charge in [0.25, 0.3) is 0 Å². The molecule has 1 N–H and O–H groups in total. The van der Waals surface area contributed by atoms with Crippen LogP contribution in [0.2, 0.25) is 0 Å². The van der Waals surface area contributed by atoms with Crippen LogP contribution >= 0.6 is 0 Å². The number of hydrogen-bond acceptors (Lipinski definition) is 3. The molecule has 3 nitrogen and oxygen atoms in total. The Morgan fingerprint density at radius 2 is 1.90 bits per heavy atom. The fraction of sp³-hybridized carbons (Fsp3) is 0.667. The zero-order chi connectivity index (χ0) is 15.1. The van der Waals surface area contributed by atoms with E-state index in [9.17, 15) is 0 Å². The molecule has 0 spiro atoms. The van der Waals surface area contributed by atoms with E-state index in [-0.39, 0.29) is 0 Å². The third kappa shape index (κ3) is 4.80. The van der Waals surface area contributed by atoms with Gasteiger partial charge in [0, 0.05) is 38.8 Å². The number of nitrogens with one attached hydrogen (secondary N) is 1. The summed E-state index contributed by atoms with van der Waals surface area (Å²) >= 11 is 0. The SMILES string of the molecule is CCCNCc1ccccc1CN1CCN(C)C(CC)C1. The topological polar surface area (TPSA) is 18.5 Å². The molecule has 0 radical (unpaired) electrons. The van der Waals surface area contributed by atoms with Crippen LogP contribution in [0.4, 0.5) is 0 Å². The Hall–Kier alpha value is -0.900.